The van der Waals surface area contributed by atoms with Crippen LogP contribution in [-0.4, -0.2) is 44.1 Å². The molecule has 8 heteroatoms. The number of rotatable bonds is 4. The second-order valence-corrected chi connectivity index (χ2v) is 6.85. The Morgan fingerprint density at radius 1 is 1.22 bits per heavy atom. The standard InChI is InChI=1S/C19H20FN5O2/c20-13-1-4-15-16(11-13)22-19(21-15)12-7-9-25(10-8-12)18(27)6-3-14-2-5-17(26)24-23-14/h1-2,4-5,11-12H,3,6-10H2,(H,21,22)(H,24,26). The number of nitrogens with one attached hydrogen (secondary N) is 2. The van der Waals surface area contributed by atoms with E-state index in [2.05, 4.69) is 20.2 Å². The molecule has 1 saturated heterocycles. The Morgan fingerprint density at radius 2 is 2.04 bits per heavy atom. The van der Waals surface area contributed by atoms with Gasteiger partial charge in [0.05, 0.1) is 16.7 Å². The van der Waals surface area contributed by atoms with Crippen LogP contribution >= 0.6 is 0 Å². The molecule has 4 rings (SSSR count). The van der Waals surface area contributed by atoms with Gasteiger partial charge in [0, 0.05) is 37.9 Å². The molecule has 7 nitrogen and oxygen atoms in total. The number of imidazole rings is 1. The van der Waals surface area contributed by atoms with E-state index >= 15 is 0 Å². The van der Waals surface area contributed by atoms with Crippen molar-refractivity contribution in [1.82, 2.24) is 25.1 Å². The number of hydrogen-bond acceptors (Lipinski definition) is 4. The summed E-state index contributed by atoms with van der Waals surface area (Å²) in [6.07, 6.45) is 2.52. The second kappa shape index (κ2) is 7.30. The number of aromatic nitrogens is 4. The fourth-order valence-corrected chi connectivity index (χ4v) is 3.50. The minimum atomic E-state index is -0.282. The maximum absolute atomic E-state index is 13.3. The average Bonchev–Trinajstić information content (AvgIpc) is 3.10. The molecule has 1 amide bonds. The summed E-state index contributed by atoms with van der Waals surface area (Å²) < 4.78 is 13.3. The number of amides is 1. The van der Waals surface area contributed by atoms with Gasteiger partial charge in [-0.1, -0.05) is 0 Å². The molecule has 2 aromatic heterocycles. The molecule has 0 unspecified atom stereocenters. The highest BCUT2D eigenvalue weighted by molar-refractivity contribution is 5.77. The molecule has 3 aromatic rings. The minimum Gasteiger partial charge on any atom is -0.343 e. The zero-order valence-corrected chi connectivity index (χ0v) is 14.7. The number of likely N-dealkylation sites (tertiary alicyclic amines) is 1. The van der Waals surface area contributed by atoms with Crippen molar-refractivity contribution in [3.8, 4) is 0 Å². The first-order chi connectivity index (χ1) is 13.1. The van der Waals surface area contributed by atoms with Crippen LogP contribution in [0.15, 0.2) is 35.1 Å². The largest absolute Gasteiger partial charge is 0.343 e. The van der Waals surface area contributed by atoms with E-state index in [0.29, 0.717) is 37.1 Å². The number of nitrogens with zero attached hydrogens (tertiary/aromatic N) is 3. The molecule has 140 valence electrons. The van der Waals surface area contributed by atoms with E-state index in [1.165, 1.54) is 18.2 Å². The van der Waals surface area contributed by atoms with E-state index < -0.39 is 0 Å². The number of carbonyl (C=O) groups is 1. The van der Waals surface area contributed by atoms with Crippen LogP contribution in [0.1, 0.15) is 36.7 Å². The van der Waals surface area contributed by atoms with E-state index in [9.17, 15) is 14.0 Å². The van der Waals surface area contributed by atoms with Crippen molar-refractivity contribution in [2.45, 2.75) is 31.6 Å². The highest BCUT2D eigenvalue weighted by atomic mass is 19.1. The lowest BCUT2D eigenvalue weighted by molar-refractivity contribution is -0.132. The number of aromatic amines is 2. The van der Waals surface area contributed by atoms with E-state index in [-0.39, 0.29) is 23.2 Å². The van der Waals surface area contributed by atoms with Gasteiger partial charge in [0.25, 0.3) is 5.56 Å². The molecule has 0 bridgehead atoms. The van der Waals surface area contributed by atoms with Crippen LogP contribution < -0.4 is 5.56 Å². The summed E-state index contributed by atoms with van der Waals surface area (Å²) in [5, 5.41) is 6.30. The topological polar surface area (TPSA) is 94.7 Å². The van der Waals surface area contributed by atoms with Crippen molar-refractivity contribution >= 4 is 16.9 Å². The summed E-state index contributed by atoms with van der Waals surface area (Å²) in [6.45, 7) is 1.35. The predicted molar refractivity (Wildman–Crippen MR) is 97.8 cm³/mol. The van der Waals surface area contributed by atoms with Gasteiger partial charge in [0.15, 0.2) is 0 Å². The smallest absolute Gasteiger partial charge is 0.264 e. The Morgan fingerprint density at radius 3 is 2.78 bits per heavy atom. The van der Waals surface area contributed by atoms with Crippen molar-refractivity contribution < 1.29 is 9.18 Å². The Kier molecular flexibility index (Phi) is 4.70. The monoisotopic (exact) mass is 369 g/mol. The quantitative estimate of drug-likeness (QED) is 0.736. The van der Waals surface area contributed by atoms with Crippen LogP contribution in [0.4, 0.5) is 4.39 Å². The zero-order valence-electron chi connectivity index (χ0n) is 14.7. The Labute approximate surface area is 154 Å². The molecule has 0 atom stereocenters. The predicted octanol–water partition coefficient (Wildman–Crippen LogP) is 2.12. The first-order valence-electron chi connectivity index (χ1n) is 9.06. The molecule has 1 fully saturated rings. The normalized spacial score (nSPS) is 15.4. The first-order valence-corrected chi connectivity index (χ1v) is 9.06. The molecule has 0 spiro atoms. The number of piperidine rings is 1. The second-order valence-electron chi connectivity index (χ2n) is 6.85. The number of H-pyrrole nitrogens is 2. The van der Waals surface area contributed by atoms with Crippen LogP contribution in [0.25, 0.3) is 11.0 Å². The number of aryl methyl sites for hydroxylation is 1. The van der Waals surface area contributed by atoms with Crippen LogP contribution in [0.3, 0.4) is 0 Å². The van der Waals surface area contributed by atoms with Gasteiger partial charge in [-0.15, -0.1) is 0 Å². The van der Waals surface area contributed by atoms with E-state index in [0.717, 1.165) is 24.2 Å². The molecular weight excluding hydrogens is 349 g/mol. The van der Waals surface area contributed by atoms with Gasteiger partial charge in [-0.3, -0.25) is 9.59 Å². The molecule has 0 aliphatic carbocycles. The zero-order chi connectivity index (χ0) is 18.8. The lowest BCUT2D eigenvalue weighted by atomic mass is 9.96. The van der Waals surface area contributed by atoms with Crippen molar-refractivity contribution in [3.05, 3.63) is 58.0 Å². The maximum atomic E-state index is 13.3. The van der Waals surface area contributed by atoms with E-state index in [4.69, 9.17) is 0 Å². The lowest BCUT2D eigenvalue weighted by Crippen LogP contribution is -2.38. The third kappa shape index (κ3) is 3.89. The third-order valence-electron chi connectivity index (χ3n) is 5.03. The van der Waals surface area contributed by atoms with Gasteiger partial charge in [-0.2, -0.15) is 5.10 Å². The molecule has 0 saturated carbocycles. The fourth-order valence-electron chi connectivity index (χ4n) is 3.50. The number of fused-ring (bicyclic) bond motifs is 1. The van der Waals surface area contributed by atoms with Gasteiger partial charge < -0.3 is 9.88 Å². The number of carbonyl (C=O) groups excluding carboxylic acids is 1. The van der Waals surface area contributed by atoms with Crippen molar-refractivity contribution in [2.75, 3.05) is 13.1 Å². The first kappa shape index (κ1) is 17.4. The van der Waals surface area contributed by atoms with E-state index in [1.807, 2.05) is 4.90 Å². The summed E-state index contributed by atoms with van der Waals surface area (Å²) in [4.78, 5) is 33.1. The van der Waals surface area contributed by atoms with Crippen LogP contribution in [0.5, 0.6) is 0 Å². The lowest BCUT2D eigenvalue weighted by Gasteiger charge is -2.31. The van der Waals surface area contributed by atoms with Crippen LogP contribution in [0, 0.1) is 5.82 Å². The molecule has 0 radical (unpaired) electrons. The van der Waals surface area contributed by atoms with Gasteiger partial charge in [-0.25, -0.2) is 14.5 Å². The van der Waals surface area contributed by atoms with Gasteiger partial charge in [-0.05, 0) is 37.1 Å². The summed E-state index contributed by atoms with van der Waals surface area (Å²) >= 11 is 0. The molecule has 1 aromatic carbocycles. The number of benzene rings is 1. The van der Waals surface area contributed by atoms with Crippen LogP contribution in [0.2, 0.25) is 0 Å². The van der Waals surface area contributed by atoms with Crippen molar-refractivity contribution in [3.63, 3.8) is 0 Å². The Balaban J connectivity index is 1.32. The molecular formula is C19H20FN5O2. The highest BCUT2D eigenvalue weighted by Gasteiger charge is 2.25. The SMILES string of the molecule is O=C(CCc1ccc(=O)[nH]n1)N1CCC(c2nc3ccc(F)cc3[nH]2)CC1. The third-order valence-corrected chi connectivity index (χ3v) is 5.03. The molecule has 3 heterocycles. The summed E-state index contributed by atoms with van der Waals surface area (Å²) in [7, 11) is 0. The Bertz CT molecular complexity index is 1000. The highest BCUT2D eigenvalue weighted by Crippen LogP contribution is 2.28. The maximum Gasteiger partial charge on any atom is 0.264 e. The van der Waals surface area contributed by atoms with Gasteiger partial charge >= 0.3 is 0 Å². The van der Waals surface area contributed by atoms with Crippen molar-refractivity contribution in [1.29, 1.82) is 0 Å². The number of halogens is 1. The molecule has 2 N–H and O–H groups in total. The summed E-state index contributed by atoms with van der Waals surface area (Å²) in [5.41, 5.74) is 1.92. The van der Waals surface area contributed by atoms with Crippen molar-refractivity contribution in [2.24, 2.45) is 0 Å². The molecule has 1 aliphatic heterocycles. The summed E-state index contributed by atoms with van der Waals surface area (Å²) in [6, 6.07) is 7.59. The minimum absolute atomic E-state index is 0.0909. The average molecular weight is 369 g/mol. The number of hydrogen-bond donors (Lipinski definition) is 2. The van der Waals surface area contributed by atoms with Gasteiger partial charge in [0.2, 0.25) is 5.91 Å². The van der Waals surface area contributed by atoms with Crippen LogP contribution in [-0.2, 0) is 11.2 Å². The molecule has 27 heavy (non-hydrogen) atoms. The van der Waals surface area contributed by atoms with Gasteiger partial charge in [0.1, 0.15) is 11.6 Å². The van der Waals surface area contributed by atoms with E-state index in [1.54, 1.807) is 12.1 Å². The molecule has 1 aliphatic rings. The summed E-state index contributed by atoms with van der Waals surface area (Å²) in [5.74, 6) is 0.911. The Hall–Kier alpha value is -3.03. The fraction of sp³-hybridized carbons (Fsp3) is 0.368.